The molecule has 0 saturated heterocycles. The van der Waals surface area contributed by atoms with E-state index in [1.54, 1.807) is 4.52 Å². The predicted octanol–water partition coefficient (Wildman–Crippen LogP) is 3.93. The van der Waals surface area contributed by atoms with Crippen LogP contribution in [0.1, 0.15) is 77.0 Å². The number of carbonyl (C=O) groups excluding carboxylic acids is 1. The summed E-state index contributed by atoms with van der Waals surface area (Å²) < 4.78 is 7.33. The Morgan fingerprint density at radius 2 is 2.00 bits per heavy atom. The standard InChI is InChI=1S/C21H30N4O3S/c1-13-8-9-16(14(2)10-13)28-19(27)12-29-21-23-20(15-6-4-3-5-7-15)22-17-11-18(26)24-25(17)21/h11,13-16H,3-10,12H2,1-2H3,(H,24,26). The number of esters is 1. The molecular formula is C21H30N4O3S. The summed E-state index contributed by atoms with van der Waals surface area (Å²) in [7, 11) is 0. The number of fused-ring (bicyclic) bond motifs is 1. The molecule has 2 aromatic rings. The van der Waals surface area contributed by atoms with E-state index in [-0.39, 0.29) is 23.4 Å². The minimum Gasteiger partial charge on any atom is -0.461 e. The molecular weight excluding hydrogens is 388 g/mol. The van der Waals surface area contributed by atoms with Gasteiger partial charge in [0.15, 0.2) is 10.8 Å². The number of ether oxygens (including phenoxy) is 1. The summed E-state index contributed by atoms with van der Waals surface area (Å²) in [5.41, 5.74) is 0.353. The summed E-state index contributed by atoms with van der Waals surface area (Å²) in [4.78, 5) is 33.6. The van der Waals surface area contributed by atoms with Crippen LogP contribution >= 0.6 is 11.8 Å². The van der Waals surface area contributed by atoms with Crippen molar-refractivity contribution in [3.63, 3.8) is 0 Å². The molecule has 7 nitrogen and oxygen atoms in total. The van der Waals surface area contributed by atoms with Crippen molar-refractivity contribution >= 4 is 23.4 Å². The maximum atomic E-state index is 12.5. The van der Waals surface area contributed by atoms with Crippen LogP contribution in [0.5, 0.6) is 0 Å². The molecule has 1 N–H and O–H groups in total. The number of H-pyrrole nitrogens is 1. The highest BCUT2D eigenvalue weighted by Crippen LogP contribution is 2.33. The van der Waals surface area contributed by atoms with E-state index in [4.69, 9.17) is 9.72 Å². The van der Waals surface area contributed by atoms with E-state index >= 15 is 0 Å². The van der Waals surface area contributed by atoms with E-state index in [1.165, 1.54) is 37.1 Å². The van der Waals surface area contributed by atoms with Gasteiger partial charge in [0.2, 0.25) is 0 Å². The van der Waals surface area contributed by atoms with Crippen LogP contribution < -0.4 is 5.56 Å². The number of nitrogens with zero attached hydrogens (tertiary/aromatic N) is 3. The van der Waals surface area contributed by atoms with Crippen molar-refractivity contribution in [3.05, 3.63) is 22.2 Å². The SMILES string of the molecule is CC1CCC(OC(=O)CSc2nc(C3CCCCC3)nc3cc(=O)[nH]n23)C(C)C1. The van der Waals surface area contributed by atoms with Gasteiger partial charge in [-0.3, -0.25) is 14.7 Å². The Morgan fingerprint density at radius 1 is 1.21 bits per heavy atom. The molecule has 2 aliphatic rings. The van der Waals surface area contributed by atoms with Gasteiger partial charge in [-0.2, -0.15) is 0 Å². The number of hydrogen-bond acceptors (Lipinski definition) is 6. The summed E-state index contributed by atoms with van der Waals surface area (Å²) in [6.07, 6.45) is 8.95. The van der Waals surface area contributed by atoms with Gasteiger partial charge >= 0.3 is 5.97 Å². The molecule has 2 aromatic heterocycles. The first kappa shape index (κ1) is 20.4. The molecule has 2 heterocycles. The third kappa shape index (κ3) is 4.85. The largest absolute Gasteiger partial charge is 0.461 e. The normalized spacial score (nSPS) is 25.9. The number of carbonyl (C=O) groups is 1. The minimum atomic E-state index is -0.220. The van der Waals surface area contributed by atoms with E-state index in [2.05, 4.69) is 23.9 Å². The lowest BCUT2D eigenvalue weighted by Crippen LogP contribution is -2.31. The highest BCUT2D eigenvalue weighted by molar-refractivity contribution is 7.99. The number of aromatic amines is 1. The molecule has 3 unspecified atom stereocenters. The van der Waals surface area contributed by atoms with Crippen LogP contribution in [0.2, 0.25) is 0 Å². The van der Waals surface area contributed by atoms with Crippen molar-refractivity contribution in [2.24, 2.45) is 11.8 Å². The van der Waals surface area contributed by atoms with Gasteiger partial charge in [-0.05, 0) is 43.9 Å². The second kappa shape index (κ2) is 8.90. The zero-order chi connectivity index (χ0) is 20.4. The molecule has 8 heteroatoms. The van der Waals surface area contributed by atoms with Crippen molar-refractivity contribution in [3.8, 4) is 0 Å². The molecule has 29 heavy (non-hydrogen) atoms. The van der Waals surface area contributed by atoms with Crippen LogP contribution in [-0.2, 0) is 9.53 Å². The Balaban J connectivity index is 1.46. The Hall–Kier alpha value is -1.83. The Bertz CT molecular complexity index is 918. The van der Waals surface area contributed by atoms with Gasteiger partial charge in [-0.1, -0.05) is 44.9 Å². The fraction of sp³-hybridized carbons (Fsp3) is 0.714. The van der Waals surface area contributed by atoms with Crippen molar-refractivity contribution in [1.82, 2.24) is 19.6 Å². The maximum Gasteiger partial charge on any atom is 0.316 e. The lowest BCUT2D eigenvalue weighted by molar-refractivity contribution is -0.150. The number of thioether (sulfide) groups is 1. The second-order valence-corrected chi connectivity index (χ2v) is 9.67. The predicted molar refractivity (Wildman–Crippen MR) is 112 cm³/mol. The minimum absolute atomic E-state index is 0.00824. The molecule has 0 bridgehead atoms. The van der Waals surface area contributed by atoms with Gasteiger partial charge in [-0.25, -0.2) is 14.5 Å². The zero-order valence-electron chi connectivity index (χ0n) is 17.2. The average Bonchev–Trinajstić information content (AvgIpc) is 3.09. The Morgan fingerprint density at radius 3 is 2.76 bits per heavy atom. The van der Waals surface area contributed by atoms with Gasteiger partial charge in [0.05, 0.1) is 5.75 Å². The molecule has 0 spiro atoms. The van der Waals surface area contributed by atoms with E-state index in [0.29, 0.717) is 28.6 Å². The van der Waals surface area contributed by atoms with Crippen LogP contribution in [0.15, 0.2) is 16.0 Å². The smallest absolute Gasteiger partial charge is 0.316 e. The molecule has 2 fully saturated rings. The fourth-order valence-corrected chi connectivity index (χ4v) is 5.42. The monoisotopic (exact) mass is 418 g/mol. The second-order valence-electron chi connectivity index (χ2n) is 8.73. The topological polar surface area (TPSA) is 89.3 Å². The lowest BCUT2D eigenvalue weighted by atomic mass is 9.81. The highest BCUT2D eigenvalue weighted by Gasteiger charge is 2.28. The number of rotatable bonds is 5. The van der Waals surface area contributed by atoms with Gasteiger partial charge in [0.25, 0.3) is 5.56 Å². The number of aromatic nitrogens is 4. The summed E-state index contributed by atoms with van der Waals surface area (Å²) >= 11 is 1.31. The van der Waals surface area contributed by atoms with Crippen molar-refractivity contribution in [2.45, 2.75) is 82.4 Å². The van der Waals surface area contributed by atoms with Crippen molar-refractivity contribution < 1.29 is 9.53 Å². The van der Waals surface area contributed by atoms with Crippen LogP contribution in [0.4, 0.5) is 0 Å². The van der Waals surface area contributed by atoms with Crippen molar-refractivity contribution in [2.75, 3.05) is 5.75 Å². The molecule has 0 aromatic carbocycles. The van der Waals surface area contributed by atoms with Crippen molar-refractivity contribution in [1.29, 1.82) is 0 Å². The van der Waals surface area contributed by atoms with Gasteiger partial charge in [0.1, 0.15) is 11.9 Å². The number of hydrogen-bond donors (Lipinski definition) is 1. The highest BCUT2D eigenvalue weighted by atomic mass is 32.2. The Kier molecular flexibility index (Phi) is 6.27. The van der Waals surface area contributed by atoms with Crippen LogP contribution in [0, 0.1) is 11.8 Å². The van der Waals surface area contributed by atoms with Crippen LogP contribution in [0.3, 0.4) is 0 Å². The summed E-state index contributed by atoms with van der Waals surface area (Å²) in [5, 5.41) is 3.33. The molecule has 2 aliphatic carbocycles. The van der Waals surface area contributed by atoms with Gasteiger partial charge in [-0.15, -0.1) is 0 Å². The molecule has 0 radical (unpaired) electrons. The van der Waals surface area contributed by atoms with Crippen LogP contribution in [0.25, 0.3) is 5.65 Å². The molecule has 0 aliphatic heterocycles. The number of nitrogens with one attached hydrogen (secondary N) is 1. The first-order valence-electron chi connectivity index (χ1n) is 10.8. The van der Waals surface area contributed by atoms with Gasteiger partial charge < -0.3 is 4.74 Å². The quantitative estimate of drug-likeness (QED) is 0.585. The first-order chi connectivity index (χ1) is 14.0. The van der Waals surface area contributed by atoms with E-state index in [1.807, 2.05) is 0 Å². The summed E-state index contributed by atoms with van der Waals surface area (Å²) in [5.74, 6) is 2.17. The fourth-order valence-electron chi connectivity index (χ4n) is 4.68. The first-order valence-corrected chi connectivity index (χ1v) is 11.8. The molecule has 4 rings (SSSR count). The molecule has 0 amide bonds. The van der Waals surface area contributed by atoms with E-state index < -0.39 is 0 Å². The van der Waals surface area contributed by atoms with E-state index in [9.17, 15) is 9.59 Å². The lowest BCUT2D eigenvalue weighted by Gasteiger charge is -2.32. The Labute approximate surface area is 175 Å². The maximum absolute atomic E-state index is 12.5. The zero-order valence-corrected chi connectivity index (χ0v) is 18.0. The summed E-state index contributed by atoms with van der Waals surface area (Å²) in [6.45, 7) is 4.42. The third-order valence-electron chi connectivity index (χ3n) is 6.27. The molecule has 158 valence electrons. The van der Waals surface area contributed by atoms with Gasteiger partial charge in [0, 0.05) is 12.0 Å². The third-order valence-corrected chi connectivity index (χ3v) is 7.18. The van der Waals surface area contributed by atoms with Crippen LogP contribution in [-0.4, -0.2) is 37.4 Å². The molecule has 2 saturated carbocycles. The molecule has 3 atom stereocenters. The summed E-state index contributed by atoms with van der Waals surface area (Å²) in [6, 6.07) is 1.49. The average molecular weight is 419 g/mol. The van der Waals surface area contributed by atoms with E-state index in [0.717, 1.165) is 37.9 Å².